The highest BCUT2D eigenvalue weighted by Gasteiger charge is 2.48. The molecule has 0 unspecified atom stereocenters. The second-order valence-corrected chi connectivity index (χ2v) is 6.22. The molecule has 5 rings (SSSR count). The molecule has 9 heteroatoms. The van der Waals surface area contributed by atoms with Gasteiger partial charge in [0.1, 0.15) is 24.1 Å². The minimum absolute atomic E-state index is 0.0154. The van der Waals surface area contributed by atoms with Crippen LogP contribution in [-0.2, 0) is 9.47 Å². The number of ether oxygens (including phenoxy) is 4. The van der Waals surface area contributed by atoms with E-state index in [4.69, 9.17) is 9.47 Å². The number of alkyl halides is 2. The van der Waals surface area contributed by atoms with E-state index in [1.807, 2.05) is 4.57 Å². The van der Waals surface area contributed by atoms with Gasteiger partial charge in [-0.05, 0) is 18.2 Å². The number of halogens is 2. The van der Waals surface area contributed by atoms with Crippen LogP contribution in [0.15, 0.2) is 30.6 Å². The highest BCUT2D eigenvalue weighted by molar-refractivity contribution is 5.62. The summed E-state index contributed by atoms with van der Waals surface area (Å²) in [5.74, 6) is 0.518. The molecule has 0 amide bonds. The van der Waals surface area contributed by atoms with Gasteiger partial charge in [0.2, 0.25) is 0 Å². The van der Waals surface area contributed by atoms with Gasteiger partial charge in [0, 0.05) is 18.0 Å². The smallest absolute Gasteiger partial charge is 0.395 e. The second kappa shape index (κ2) is 5.13. The van der Waals surface area contributed by atoms with Crippen molar-refractivity contribution in [3.8, 4) is 22.9 Å². The summed E-state index contributed by atoms with van der Waals surface area (Å²) in [4.78, 5) is 4.33. The lowest BCUT2D eigenvalue weighted by molar-refractivity contribution is -0.286. The van der Waals surface area contributed by atoms with E-state index >= 15 is 0 Å². The number of aromatic nitrogens is 2. The number of hydrogen-bond acceptors (Lipinski definition) is 6. The molecular weight excluding hydrogens is 338 g/mol. The van der Waals surface area contributed by atoms with Crippen LogP contribution in [0.3, 0.4) is 0 Å². The zero-order valence-electron chi connectivity index (χ0n) is 12.8. The van der Waals surface area contributed by atoms with Gasteiger partial charge in [0.05, 0.1) is 19.3 Å². The monoisotopic (exact) mass is 352 g/mol. The van der Waals surface area contributed by atoms with E-state index in [9.17, 15) is 13.9 Å². The highest BCUT2D eigenvalue weighted by Crippen LogP contribution is 2.43. The molecule has 0 radical (unpaired) electrons. The molecule has 4 heterocycles. The summed E-state index contributed by atoms with van der Waals surface area (Å²) in [5.41, 5.74) is 0.604. The molecule has 132 valence electrons. The van der Waals surface area contributed by atoms with Crippen LogP contribution in [0.4, 0.5) is 8.78 Å². The van der Waals surface area contributed by atoms with Crippen LogP contribution >= 0.6 is 0 Å². The van der Waals surface area contributed by atoms with E-state index in [1.54, 1.807) is 18.5 Å². The van der Waals surface area contributed by atoms with E-state index < -0.39 is 12.4 Å². The molecule has 1 aromatic heterocycles. The molecule has 25 heavy (non-hydrogen) atoms. The zero-order chi connectivity index (χ0) is 17.2. The van der Waals surface area contributed by atoms with Gasteiger partial charge < -0.3 is 28.6 Å². The second-order valence-electron chi connectivity index (χ2n) is 6.22. The third kappa shape index (κ3) is 2.30. The minimum Gasteiger partial charge on any atom is -0.395 e. The predicted octanol–water partition coefficient (Wildman–Crippen LogP) is 1.57. The summed E-state index contributed by atoms with van der Waals surface area (Å²) in [6.07, 6.45) is -1.55. The van der Waals surface area contributed by atoms with E-state index in [0.717, 1.165) is 0 Å². The quantitative estimate of drug-likeness (QED) is 0.884. The van der Waals surface area contributed by atoms with E-state index in [0.29, 0.717) is 18.0 Å². The Balaban J connectivity index is 1.49. The molecule has 2 saturated heterocycles. The molecule has 3 aliphatic rings. The van der Waals surface area contributed by atoms with Crippen molar-refractivity contribution in [3.63, 3.8) is 0 Å². The number of benzene rings is 1. The molecule has 1 aromatic carbocycles. The third-order valence-corrected chi connectivity index (χ3v) is 4.69. The van der Waals surface area contributed by atoms with Crippen molar-refractivity contribution in [3.05, 3.63) is 30.6 Å². The molecular formula is C16H14F2N2O5. The van der Waals surface area contributed by atoms with Gasteiger partial charge in [0.25, 0.3) is 0 Å². The Labute approximate surface area is 140 Å². The highest BCUT2D eigenvalue weighted by atomic mass is 19.3. The minimum atomic E-state index is -3.66. The first kappa shape index (κ1) is 15.1. The van der Waals surface area contributed by atoms with Crippen molar-refractivity contribution < 1.29 is 32.8 Å². The largest absolute Gasteiger partial charge is 0.586 e. The molecule has 2 aromatic rings. The molecule has 4 atom stereocenters. The molecule has 1 N–H and O–H groups in total. The molecule has 3 aliphatic heterocycles. The predicted molar refractivity (Wildman–Crippen MR) is 78.4 cm³/mol. The fourth-order valence-electron chi connectivity index (χ4n) is 3.59. The Morgan fingerprint density at radius 1 is 1.12 bits per heavy atom. The van der Waals surface area contributed by atoms with Crippen molar-refractivity contribution in [1.82, 2.24) is 9.55 Å². The number of rotatable bonds is 2. The van der Waals surface area contributed by atoms with Crippen LogP contribution < -0.4 is 9.47 Å². The van der Waals surface area contributed by atoms with Gasteiger partial charge in [0.15, 0.2) is 11.5 Å². The summed E-state index contributed by atoms with van der Waals surface area (Å²) in [7, 11) is 0. The summed E-state index contributed by atoms with van der Waals surface area (Å²) < 4.78 is 48.5. The Kier molecular flexibility index (Phi) is 3.09. The van der Waals surface area contributed by atoms with Gasteiger partial charge in [-0.1, -0.05) is 0 Å². The van der Waals surface area contributed by atoms with Gasteiger partial charge in [-0.15, -0.1) is 8.78 Å². The summed E-state index contributed by atoms with van der Waals surface area (Å²) in [6, 6.07) is 4.37. The first-order chi connectivity index (χ1) is 12.0. The van der Waals surface area contributed by atoms with Crippen LogP contribution in [0.25, 0.3) is 11.4 Å². The van der Waals surface area contributed by atoms with Crippen LogP contribution in [0.2, 0.25) is 0 Å². The van der Waals surface area contributed by atoms with Crippen molar-refractivity contribution >= 4 is 0 Å². The average Bonchev–Trinajstić information content (AvgIpc) is 3.29. The van der Waals surface area contributed by atoms with Crippen molar-refractivity contribution in [2.75, 3.05) is 13.2 Å². The number of hydrogen-bond donors (Lipinski definition) is 1. The Morgan fingerprint density at radius 2 is 1.92 bits per heavy atom. The van der Waals surface area contributed by atoms with Gasteiger partial charge in [-0.25, -0.2) is 4.98 Å². The number of fused-ring (bicyclic) bond motifs is 2. The van der Waals surface area contributed by atoms with Crippen molar-refractivity contribution in [2.24, 2.45) is 0 Å². The number of aliphatic hydroxyl groups is 1. The SMILES string of the molecule is O[C@@H]1CO[C@H]2[C@@H]1OC[C@@H]2n1ccnc1-c1ccc2c(c1)OC(F)(F)O2. The molecule has 0 spiro atoms. The average molecular weight is 352 g/mol. The standard InChI is InChI=1S/C16H14F2N2O5/c17-16(18)24-11-2-1-8(5-12(11)25-16)15-19-3-4-20(15)9-6-22-14-10(21)7-23-13(9)14/h1-5,9-10,13-14,21H,6-7H2/t9-,10+,13+,14+/m0/s1. The van der Waals surface area contributed by atoms with Gasteiger partial charge >= 0.3 is 6.29 Å². The lowest BCUT2D eigenvalue weighted by atomic mass is 10.1. The maximum atomic E-state index is 13.2. The topological polar surface area (TPSA) is 75.0 Å². The van der Waals surface area contributed by atoms with Gasteiger partial charge in [-0.2, -0.15) is 0 Å². The first-order valence-corrected chi connectivity index (χ1v) is 7.86. The lowest BCUT2D eigenvalue weighted by Gasteiger charge is -2.19. The Hall–Kier alpha value is -2.23. The van der Waals surface area contributed by atoms with Crippen LogP contribution in [-0.4, -0.2) is 52.5 Å². The van der Waals surface area contributed by atoms with Crippen LogP contribution in [0.1, 0.15) is 6.04 Å². The van der Waals surface area contributed by atoms with E-state index in [1.165, 1.54) is 12.1 Å². The van der Waals surface area contributed by atoms with Crippen molar-refractivity contribution in [1.29, 1.82) is 0 Å². The number of imidazole rings is 1. The third-order valence-electron chi connectivity index (χ3n) is 4.69. The fraction of sp³-hybridized carbons (Fsp3) is 0.438. The molecule has 7 nitrogen and oxygen atoms in total. The summed E-state index contributed by atoms with van der Waals surface area (Å²) in [5, 5.41) is 9.88. The molecule has 0 aliphatic carbocycles. The maximum absolute atomic E-state index is 13.2. The number of aliphatic hydroxyl groups excluding tert-OH is 1. The Bertz CT molecular complexity index is 827. The maximum Gasteiger partial charge on any atom is 0.586 e. The Morgan fingerprint density at radius 3 is 2.80 bits per heavy atom. The summed E-state index contributed by atoms with van der Waals surface area (Å²) >= 11 is 0. The van der Waals surface area contributed by atoms with E-state index in [2.05, 4.69) is 14.5 Å². The first-order valence-electron chi connectivity index (χ1n) is 7.86. The van der Waals surface area contributed by atoms with Crippen LogP contribution in [0, 0.1) is 0 Å². The number of nitrogens with zero attached hydrogens (tertiary/aromatic N) is 2. The molecule has 2 fully saturated rings. The molecule has 0 saturated carbocycles. The summed E-state index contributed by atoms with van der Waals surface area (Å²) in [6.45, 7) is 0.605. The van der Waals surface area contributed by atoms with Gasteiger partial charge in [-0.3, -0.25) is 0 Å². The zero-order valence-corrected chi connectivity index (χ0v) is 12.8. The van der Waals surface area contributed by atoms with E-state index in [-0.39, 0.29) is 36.4 Å². The lowest BCUT2D eigenvalue weighted by Crippen LogP contribution is -2.30. The van der Waals surface area contributed by atoms with Crippen molar-refractivity contribution in [2.45, 2.75) is 30.6 Å². The molecule has 0 bridgehead atoms. The normalized spacial score (nSPS) is 32.1. The van der Waals surface area contributed by atoms with Crippen LogP contribution in [0.5, 0.6) is 11.5 Å². The fourth-order valence-corrected chi connectivity index (χ4v) is 3.59.